The summed E-state index contributed by atoms with van der Waals surface area (Å²) in [7, 11) is 0. The monoisotopic (exact) mass is 229 g/mol. The molecule has 1 heterocycles. The van der Waals surface area contributed by atoms with Crippen LogP contribution in [0.1, 0.15) is 44.7 Å². The SMILES string of the molecule is CC(C)=NNC1=NC(C)C(C)c2ccccc21. The number of nitrogens with one attached hydrogen (secondary N) is 1. The van der Waals surface area contributed by atoms with Crippen LogP contribution in [-0.2, 0) is 0 Å². The van der Waals surface area contributed by atoms with Gasteiger partial charge in [0.2, 0.25) is 0 Å². The van der Waals surface area contributed by atoms with Gasteiger partial charge in [-0.15, -0.1) is 0 Å². The molecular formula is C14H19N3. The van der Waals surface area contributed by atoms with Crippen molar-refractivity contribution in [3.8, 4) is 0 Å². The smallest absolute Gasteiger partial charge is 0.149 e. The first kappa shape index (κ1) is 11.8. The molecule has 0 fully saturated rings. The van der Waals surface area contributed by atoms with Crippen molar-refractivity contribution in [3.05, 3.63) is 35.4 Å². The minimum absolute atomic E-state index is 0.291. The van der Waals surface area contributed by atoms with Crippen molar-refractivity contribution in [1.29, 1.82) is 0 Å². The maximum atomic E-state index is 4.68. The van der Waals surface area contributed by atoms with E-state index in [0.29, 0.717) is 12.0 Å². The fraction of sp³-hybridized carbons (Fsp3) is 0.429. The maximum absolute atomic E-state index is 4.68. The van der Waals surface area contributed by atoms with E-state index >= 15 is 0 Å². The molecule has 1 N–H and O–H groups in total. The Hall–Kier alpha value is -1.64. The van der Waals surface area contributed by atoms with E-state index in [0.717, 1.165) is 11.5 Å². The Kier molecular flexibility index (Phi) is 3.27. The summed E-state index contributed by atoms with van der Waals surface area (Å²) < 4.78 is 0. The Morgan fingerprint density at radius 2 is 1.94 bits per heavy atom. The van der Waals surface area contributed by atoms with E-state index in [4.69, 9.17) is 0 Å². The van der Waals surface area contributed by atoms with E-state index in [-0.39, 0.29) is 0 Å². The first-order valence-corrected chi connectivity index (χ1v) is 6.03. The van der Waals surface area contributed by atoms with Crippen molar-refractivity contribution in [1.82, 2.24) is 5.43 Å². The molecule has 0 bridgehead atoms. The third-order valence-electron chi connectivity index (χ3n) is 3.15. The molecule has 0 aromatic heterocycles. The van der Waals surface area contributed by atoms with E-state index in [2.05, 4.69) is 47.6 Å². The molecule has 0 amide bonds. The van der Waals surface area contributed by atoms with Crippen LogP contribution in [0.3, 0.4) is 0 Å². The topological polar surface area (TPSA) is 36.8 Å². The Balaban J connectivity index is 2.39. The molecule has 1 aliphatic rings. The lowest BCUT2D eigenvalue weighted by atomic mass is 9.88. The van der Waals surface area contributed by atoms with Crippen LogP contribution in [0.4, 0.5) is 0 Å². The summed E-state index contributed by atoms with van der Waals surface area (Å²) in [5.74, 6) is 1.34. The maximum Gasteiger partial charge on any atom is 0.149 e. The molecular weight excluding hydrogens is 210 g/mol. The number of hydrazone groups is 1. The van der Waals surface area contributed by atoms with Gasteiger partial charge in [-0.2, -0.15) is 5.10 Å². The van der Waals surface area contributed by atoms with Gasteiger partial charge in [-0.25, -0.2) is 0 Å². The second-order valence-corrected chi connectivity index (χ2v) is 4.77. The third kappa shape index (κ3) is 2.38. The van der Waals surface area contributed by atoms with Crippen molar-refractivity contribution < 1.29 is 0 Å². The van der Waals surface area contributed by atoms with Crippen molar-refractivity contribution in [2.24, 2.45) is 10.1 Å². The average molecular weight is 229 g/mol. The average Bonchev–Trinajstić information content (AvgIpc) is 2.32. The van der Waals surface area contributed by atoms with Crippen LogP contribution in [0.5, 0.6) is 0 Å². The zero-order valence-corrected chi connectivity index (χ0v) is 10.9. The molecule has 2 unspecified atom stereocenters. The van der Waals surface area contributed by atoms with Gasteiger partial charge in [0.25, 0.3) is 0 Å². The zero-order valence-electron chi connectivity index (χ0n) is 10.9. The number of benzene rings is 1. The molecule has 0 saturated carbocycles. The molecule has 17 heavy (non-hydrogen) atoms. The Morgan fingerprint density at radius 1 is 1.24 bits per heavy atom. The third-order valence-corrected chi connectivity index (χ3v) is 3.15. The molecule has 1 aromatic carbocycles. The quantitative estimate of drug-likeness (QED) is 0.583. The van der Waals surface area contributed by atoms with E-state index < -0.39 is 0 Å². The van der Waals surface area contributed by atoms with Crippen LogP contribution in [0.2, 0.25) is 0 Å². The van der Waals surface area contributed by atoms with Crippen molar-refractivity contribution in [3.63, 3.8) is 0 Å². The summed E-state index contributed by atoms with van der Waals surface area (Å²) in [5.41, 5.74) is 6.58. The minimum Gasteiger partial charge on any atom is -0.263 e. The Morgan fingerprint density at radius 3 is 2.65 bits per heavy atom. The number of rotatable bonds is 1. The van der Waals surface area contributed by atoms with Crippen LogP contribution in [0.15, 0.2) is 34.4 Å². The predicted molar refractivity (Wildman–Crippen MR) is 72.8 cm³/mol. The van der Waals surface area contributed by atoms with Crippen molar-refractivity contribution in [2.45, 2.75) is 39.7 Å². The lowest BCUT2D eigenvalue weighted by Crippen LogP contribution is -2.30. The van der Waals surface area contributed by atoms with Gasteiger partial charge in [-0.1, -0.05) is 31.2 Å². The molecule has 0 radical (unpaired) electrons. The minimum atomic E-state index is 0.291. The number of amidine groups is 1. The second kappa shape index (κ2) is 4.70. The van der Waals surface area contributed by atoms with E-state index in [1.165, 1.54) is 11.1 Å². The molecule has 90 valence electrons. The summed E-state index contributed by atoms with van der Waals surface area (Å²) in [6.07, 6.45) is 0. The summed E-state index contributed by atoms with van der Waals surface area (Å²) in [6.45, 7) is 8.30. The lowest BCUT2D eigenvalue weighted by molar-refractivity contribution is 0.600. The van der Waals surface area contributed by atoms with E-state index in [1.54, 1.807) is 0 Å². The van der Waals surface area contributed by atoms with Gasteiger partial charge in [-0.3, -0.25) is 10.4 Å². The van der Waals surface area contributed by atoms with Gasteiger partial charge in [0.1, 0.15) is 5.84 Å². The molecule has 3 heteroatoms. The second-order valence-electron chi connectivity index (χ2n) is 4.77. The highest BCUT2D eigenvalue weighted by molar-refractivity contribution is 6.01. The summed E-state index contributed by atoms with van der Waals surface area (Å²) in [4.78, 5) is 4.68. The highest BCUT2D eigenvalue weighted by Gasteiger charge is 2.24. The molecule has 0 spiro atoms. The van der Waals surface area contributed by atoms with Crippen LogP contribution >= 0.6 is 0 Å². The van der Waals surface area contributed by atoms with Crippen LogP contribution in [0, 0.1) is 0 Å². The van der Waals surface area contributed by atoms with E-state index in [9.17, 15) is 0 Å². The first-order chi connectivity index (χ1) is 8.09. The van der Waals surface area contributed by atoms with Gasteiger partial charge in [0.15, 0.2) is 0 Å². The zero-order chi connectivity index (χ0) is 12.4. The van der Waals surface area contributed by atoms with Gasteiger partial charge in [0.05, 0.1) is 6.04 Å². The molecule has 1 aromatic rings. The number of hydrogen-bond donors (Lipinski definition) is 1. The highest BCUT2D eigenvalue weighted by Crippen LogP contribution is 2.29. The van der Waals surface area contributed by atoms with Crippen molar-refractivity contribution in [2.75, 3.05) is 0 Å². The Bertz CT molecular complexity index is 470. The van der Waals surface area contributed by atoms with Crippen LogP contribution in [0.25, 0.3) is 0 Å². The van der Waals surface area contributed by atoms with Gasteiger partial charge in [-0.05, 0) is 26.3 Å². The number of fused-ring (bicyclic) bond motifs is 1. The summed E-state index contributed by atoms with van der Waals surface area (Å²) in [6, 6.07) is 8.69. The van der Waals surface area contributed by atoms with Gasteiger partial charge < -0.3 is 0 Å². The summed E-state index contributed by atoms with van der Waals surface area (Å²) >= 11 is 0. The molecule has 3 nitrogen and oxygen atoms in total. The number of hydrogen-bond acceptors (Lipinski definition) is 3. The number of nitrogens with zero attached hydrogens (tertiary/aromatic N) is 2. The van der Waals surface area contributed by atoms with Crippen molar-refractivity contribution >= 4 is 11.5 Å². The van der Waals surface area contributed by atoms with Crippen LogP contribution in [-0.4, -0.2) is 17.6 Å². The molecule has 0 saturated heterocycles. The molecule has 1 aliphatic heterocycles. The largest absolute Gasteiger partial charge is 0.263 e. The Labute approximate surface area is 103 Å². The lowest BCUT2D eigenvalue weighted by Gasteiger charge is -2.26. The highest BCUT2D eigenvalue weighted by atomic mass is 15.3. The molecule has 2 rings (SSSR count). The fourth-order valence-electron chi connectivity index (χ4n) is 2.01. The van der Waals surface area contributed by atoms with Gasteiger partial charge >= 0.3 is 0 Å². The van der Waals surface area contributed by atoms with E-state index in [1.807, 2.05) is 19.9 Å². The van der Waals surface area contributed by atoms with Gasteiger partial charge in [0, 0.05) is 17.2 Å². The normalized spacial score (nSPS) is 22.5. The fourth-order valence-corrected chi connectivity index (χ4v) is 2.01. The first-order valence-electron chi connectivity index (χ1n) is 6.03. The molecule has 0 aliphatic carbocycles. The standard InChI is InChI=1S/C14H19N3/c1-9(2)16-17-14-13-8-6-5-7-12(13)10(3)11(4)15-14/h5-8,10-11H,1-4H3,(H,15,17). The predicted octanol–water partition coefficient (Wildman–Crippen LogP) is 2.92. The molecule has 2 atom stereocenters. The summed E-state index contributed by atoms with van der Waals surface area (Å²) in [5, 5.41) is 4.24. The number of aliphatic imine (C=N–C) groups is 1. The van der Waals surface area contributed by atoms with Crippen LogP contribution < -0.4 is 5.43 Å².